The van der Waals surface area contributed by atoms with Crippen molar-refractivity contribution in [2.45, 2.75) is 38.3 Å². The summed E-state index contributed by atoms with van der Waals surface area (Å²) >= 11 is 6.27. The highest BCUT2D eigenvalue weighted by Crippen LogP contribution is 2.23. The van der Waals surface area contributed by atoms with E-state index >= 15 is 0 Å². The Morgan fingerprint density at radius 3 is 2.94 bits per heavy atom. The Morgan fingerprint density at radius 1 is 1.53 bits per heavy atom. The molecule has 3 heteroatoms. The lowest BCUT2D eigenvalue weighted by molar-refractivity contribution is 0.0808. The molecule has 1 heterocycles. The molecular formula is C14H20ClNO. The van der Waals surface area contributed by atoms with E-state index in [1.54, 1.807) is 0 Å². The number of hydrogen-bond donors (Lipinski definition) is 1. The lowest BCUT2D eigenvalue weighted by atomic mass is 9.99. The van der Waals surface area contributed by atoms with Crippen LogP contribution in [0.15, 0.2) is 18.2 Å². The van der Waals surface area contributed by atoms with E-state index in [0.717, 1.165) is 24.5 Å². The zero-order chi connectivity index (χ0) is 12.3. The van der Waals surface area contributed by atoms with Crippen LogP contribution < -0.4 is 5.32 Å². The predicted octanol–water partition coefficient (Wildman–Crippen LogP) is 2.96. The maximum absolute atomic E-state index is 6.27. The van der Waals surface area contributed by atoms with E-state index in [2.05, 4.69) is 24.4 Å². The number of likely N-dealkylation sites (N-methyl/N-ethyl adjacent to an activating group) is 1. The van der Waals surface area contributed by atoms with Gasteiger partial charge in [0, 0.05) is 17.7 Å². The van der Waals surface area contributed by atoms with Crippen molar-refractivity contribution in [3.05, 3.63) is 34.3 Å². The van der Waals surface area contributed by atoms with E-state index in [9.17, 15) is 0 Å². The molecule has 1 aliphatic rings. The minimum Gasteiger partial charge on any atom is -0.377 e. The summed E-state index contributed by atoms with van der Waals surface area (Å²) in [4.78, 5) is 0. The van der Waals surface area contributed by atoms with Gasteiger partial charge in [-0.3, -0.25) is 0 Å². The van der Waals surface area contributed by atoms with Gasteiger partial charge in [0.1, 0.15) is 0 Å². The van der Waals surface area contributed by atoms with Crippen LogP contribution in [0.4, 0.5) is 0 Å². The van der Waals surface area contributed by atoms with Crippen LogP contribution >= 0.6 is 11.6 Å². The van der Waals surface area contributed by atoms with Crippen LogP contribution in [0.3, 0.4) is 0 Å². The van der Waals surface area contributed by atoms with E-state index in [1.807, 2.05) is 13.1 Å². The molecule has 0 saturated carbocycles. The number of aryl methyl sites for hydroxylation is 1. The molecular weight excluding hydrogens is 234 g/mol. The van der Waals surface area contributed by atoms with Crippen molar-refractivity contribution in [2.75, 3.05) is 13.7 Å². The van der Waals surface area contributed by atoms with Gasteiger partial charge in [0.2, 0.25) is 0 Å². The first-order valence-electron chi connectivity index (χ1n) is 6.24. The average molecular weight is 254 g/mol. The molecule has 0 bridgehead atoms. The molecule has 1 aliphatic heterocycles. The minimum atomic E-state index is 0.331. The molecule has 0 spiro atoms. The maximum atomic E-state index is 6.27. The second-order valence-electron chi connectivity index (χ2n) is 4.75. The second kappa shape index (κ2) is 5.85. The normalized spacial score (nSPS) is 21.7. The Morgan fingerprint density at radius 2 is 2.35 bits per heavy atom. The van der Waals surface area contributed by atoms with Gasteiger partial charge in [0.15, 0.2) is 0 Å². The van der Waals surface area contributed by atoms with Crippen molar-refractivity contribution in [2.24, 2.45) is 0 Å². The summed E-state index contributed by atoms with van der Waals surface area (Å²) in [5.74, 6) is 0. The van der Waals surface area contributed by atoms with Crippen LogP contribution in [0.2, 0.25) is 5.02 Å². The fraction of sp³-hybridized carbons (Fsp3) is 0.571. The molecule has 1 fully saturated rings. The van der Waals surface area contributed by atoms with Crippen molar-refractivity contribution in [1.29, 1.82) is 0 Å². The highest BCUT2D eigenvalue weighted by Gasteiger charge is 2.25. The standard InChI is InChI=1S/C14H20ClNO/c1-10-5-6-11(12(15)8-10)9-13(16-2)14-4-3-7-17-14/h5-6,8,13-14,16H,3-4,7,9H2,1-2H3. The third-order valence-corrected chi connectivity index (χ3v) is 3.78. The minimum absolute atomic E-state index is 0.331. The summed E-state index contributed by atoms with van der Waals surface area (Å²) in [6, 6.07) is 6.62. The van der Waals surface area contributed by atoms with Crippen LogP contribution in [0.25, 0.3) is 0 Å². The number of halogens is 1. The fourth-order valence-corrected chi connectivity index (χ4v) is 2.71. The van der Waals surface area contributed by atoms with Gasteiger partial charge in [-0.05, 0) is 50.4 Å². The molecule has 1 N–H and O–H groups in total. The van der Waals surface area contributed by atoms with Gasteiger partial charge in [-0.15, -0.1) is 0 Å². The van der Waals surface area contributed by atoms with Crippen molar-refractivity contribution in [3.63, 3.8) is 0 Å². The molecule has 2 rings (SSSR count). The van der Waals surface area contributed by atoms with Crippen LogP contribution in [-0.4, -0.2) is 25.8 Å². The van der Waals surface area contributed by atoms with Gasteiger partial charge in [0.25, 0.3) is 0 Å². The summed E-state index contributed by atoms with van der Waals surface area (Å²) in [5.41, 5.74) is 2.41. The molecule has 0 radical (unpaired) electrons. The Hall–Kier alpha value is -0.570. The quantitative estimate of drug-likeness (QED) is 0.891. The molecule has 2 atom stereocenters. The van der Waals surface area contributed by atoms with E-state index < -0.39 is 0 Å². The van der Waals surface area contributed by atoms with Gasteiger partial charge in [-0.25, -0.2) is 0 Å². The third kappa shape index (κ3) is 3.21. The predicted molar refractivity (Wildman–Crippen MR) is 71.7 cm³/mol. The van der Waals surface area contributed by atoms with Gasteiger partial charge < -0.3 is 10.1 Å². The maximum Gasteiger partial charge on any atom is 0.0732 e. The molecule has 2 nitrogen and oxygen atoms in total. The molecule has 0 amide bonds. The van der Waals surface area contributed by atoms with Gasteiger partial charge >= 0.3 is 0 Å². The summed E-state index contributed by atoms with van der Waals surface area (Å²) in [6.07, 6.45) is 3.58. The average Bonchev–Trinajstić information content (AvgIpc) is 2.81. The van der Waals surface area contributed by atoms with E-state index in [1.165, 1.54) is 17.5 Å². The zero-order valence-corrected chi connectivity index (χ0v) is 11.3. The summed E-state index contributed by atoms with van der Waals surface area (Å²) in [7, 11) is 1.99. The van der Waals surface area contributed by atoms with Crippen LogP contribution in [0.1, 0.15) is 24.0 Å². The Kier molecular flexibility index (Phi) is 4.43. The molecule has 17 heavy (non-hydrogen) atoms. The van der Waals surface area contributed by atoms with Crippen LogP contribution in [0, 0.1) is 6.92 Å². The first-order chi connectivity index (χ1) is 8.20. The molecule has 1 aromatic carbocycles. The lowest BCUT2D eigenvalue weighted by Gasteiger charge is -2.23. The first kappa shape index (κ1) is 12.9. The van der Waals surface area contributed by atoms with E-state index in [4.69, 9.17) is 16.3 Å². The molecule has 0 aromatic heterocycles. The van der Waals surface area contributed by atoms with E-state index in [0.29, 0.717) is 12.1 Å². The summed E-state index contributed by atoms with van der Waals surface area (Å²) < 4.78 is 5.74. The van der Waals surface area contributed by atoms with Crippen molar-refractivity contribution >= 4 is 11.6 Å². The summed E-state index contributed by atoms with van der Waals surface area (Å²) in [5, 5.41) is 4.21. The Balaban J connectivity index is 2.06. The zero-order valence-electron chi connectivity index (χ0n) is 10.5. The molecule has 94 valence electrons. The highest BCUT2D eigenvalue weighted by atomic mass is 35.5. The number of nitrogens with one attached hydrogen (secondary N) is 1. The molecule has 1 saturated heterocycles. The first-order valence-corrected chi connectivity index (χ1v) is 6.62. The molecule has 1 aromatic rings. The number of hydrogen-bond acceptors (Lipinski definition) is 2. The van der Waals surface area contributed by atoms with Crippen molar-refractivity contribution < 1.29 is 4.74 Å². The second-order valence-corrected chi connectivity index (χ2v) is 5.15. The topological polar surface area (TPSA) is 21.3 Å². The fourth-order valence-electron chi connectivity index (χ4n) is 2.39. The molecule has 2 unspecified atom stereocenters. The lowest BCUT2D eigenvalue weighted by Crippen LogP contribution is -2.39. The largest absolute Gasteiger partial charge is 0.377 e. The van der Waals surface area contributed by atoms with Crippen LogP contribution in [-0.2, 0) is 11.2 Å². The Labute approximate surface area is 108 Å². The third-order valence-electron chi connectivity index (χ3n) is 3.43. The highest BCUT2D eigenvalue weighted by molar-refractivity contribution is 6.31. The van der Waals surface area contributed by atoms with Crippen LogP contribution in [0.5, 0.6) is 0 Å². The van der Waals surface area contributed by atoms with E-state index in [-0.39, 0.29) is 0 Å². The number of rotatable bonds is 4. The van der Waals surface area contributed by atoms with Gasteiger partial charge in [-0.1, -0.05) is 23.7 Å². The smallest absolute Gasteiger partial charge is 0.0732 e. The van der Waals surface area contributed by atoms with Gasteiger partial charge in [-0.2, -0.15) is 0 Å². The number of ether oxygens (including phenoxy) is 1. The Bertz CT molecular complexity index is 374. The van der Waals surface area contributed by atoms with Crippen molar-refractivity contribution in [1.82, 2.24) is 5.32 Å². The monoisotopic (exact) mass is 253 g/mol. The van der Waals surface area contributed by atoms with Crippen molar-refractivity contribution in [3.8, 4) is 0 Å². The SMILES string of the molecule is CNC(Cc1ccc(C)cc1Cl)C1CCCO1. The number of benzene rings is 1. The van der Waals surface area contributed by atoms with Gasteiger partial charge in [0.05, 0.1) is 6.10 Å². The molecule has 0 aliphatic carbocycles. The summed E-state index contributed by atoms with van der Waals surface area (Å²) in [6.45, 7) is 2.95.